The van der Waals surface area contributed by atoms with Gasteiger partial charge in [0.25, 0.3) is 5.69 Å². The fourth-order valence-corrected chi connectivity index (χ4v) is 2.46. The molecule has 0 heterocycles. The van der Waals surface area contributed by atoms with Gasteiger partial charge in [-0.2, -0.15) is 0 Å². The van der Waals surface area contributed by atoms with E-state index in [1.807, 2.05) is 13.8 Å². The van der Waals surface area contributed by atoms with Crippen LogP contribution in [0.15, 0.2) is 36.4 Å². The lowest BCUT2D eigenvalue weighted by atomic mass is 10.1. The van der Waals surface area contributed by atoms with Crippen molar-refractivity contribution < 1.29 is 23.6 Å². The van der Waals surface area contributed by atoms with Gasteiger partial charge in [0, 0.05) is 6.07 Å². The summed E-state index contributed by atoms with van der Waals surface area (Å²) in [6.45, 7) is 4.61. The molecule has 2 aromatic rings. The van der Waals surface area contributed by atoms with Crippen molar-refractivity contribution in [3.63, 3.8) is 0 Å². The molecular weight excluding hydrogens is 367 g/mol. The van der Waals surface area contributed by atoms with Crippen LogP contribution >= 0.6 is 0 Å². The minimum Gasteiger partial charge on any atom is -0.490 e. The second-order valence-corrected chi connectivity index (χ2v) is 6.09. The SMILES string of the molecule is CCCOc1cc(NC(=O)Cc2ccccc2F)c([N+](=O)[O-])cc1OCCC. The number of ether oxygens (including phenoxy) is 2. The predicted octanol–water partition coefficient (Wildman–Crippen LogP) is 4.49. The van der Waals surface area contributed by atoms with E-state index >= 15 is 0 Å². The number of nitro benzene ring substituents is 1. The summed E-state index contributed by atoms with van der Waals surface area (Å²) in [5.41, 5.74) is -0.147. The van der Waals surface area contributed by atoms with Gasteiger partial charge in [-0.25, -0.2) is 4.39 Å². The Labute approximate surface area is 162 Å². The molecule has 0 aliphatic rings. The molecule has 28 heavy (non-hydrogen) atoms. The molecule has 1 amide bonds. The molecule has 8 heteroatoms. The average Bonchev–Trinajstić information content (AvgIpc) is 2.66. The second-order valence-electron chi connectivity index (χ2n) is 6.09. The van der Waals surface area contributed by atoms with Gasteiger partial charge in [-0.3, -0.25) is 14.9 Å². The van der Waals surface area contributed by atoms with Crippen LogP contribution < -0.4 is 14.8 Å². The fraction of sp³-hybridized carbons (Fsp3) is 0.350. The summed E-state index contributed by atoms with van der Waals surface area (Å²) < 4.78 is 24.9. The van der Waals surface area contributed by atoms with Gasteiger partial charge in [0.15, 0.2) is 11.5 Å². The Bertz CT molecular complexity index is 841. The van der Waals surface area contributed by atoms with Crippen LogP contribution in [0.5, 0.6) is 11.5 Å². The van der Waals surface area contributed by atoms with Crippen LogP contribution in [0.3, 0.4) is 0 Å². The van der Waals surface area contributed by atoms with Crippen molar-refractivity contribution in [2.24, 2.45) is 0 Å². The maximum atomic E-state index is 13.7. The minimum atomic E-state index is -0.610. The first-order valence-electron chi connectivity index (χ1n) is 9.07. The number of nitrogens with one attached hydrogen (secondary N) is 1. The normalized spacial score (nSPS) is 10.4. The number of nitro groups is 1. The van der Waals surface area contributed by atoms with Crippen molar-refractivity contribution in [1.29, 1.82) is 0 Å². The molecule has 2 aromatic carbocycles. The molecule has 150 valence electrons. The molecule has 0 spiro atoms. The Balaban J connectivity index is 2.30. The van der Waals surface area contributed by atoms with E-state index in [0.29, 0.717) is 19.0 Å². The standard InChI is InChI=1S/C20H23FN2O5/c1-3-9-27-18-12-16(17(23(25)26)13-19(18)28-10-4-2)22-20(24)11-14-7-5-6-8-15(14)21/h5-8,12-13H,3-4,9-11H2,1-2H3,(H,22,24). The average molecular weight is 390 g/mol. The number of hydrogen-bond donors (Lipinski definition) is 1. The van der Waals surface area contributed by atoms with Crippen LogP contribution in [0, 0.1) is 15.9 Å². The lowest BCUT2D eigenvalue weighted by Crippen LogP contribution is -2.16. The van der Waals surface area contributed by atoms with Gasteiger partial charge >= 0.3 is 0 Å². The maximum Gasteiger partial charge on any atom is 0.296 e. The summed E-state index contributed by atoms with van der Waals surface area (Å²) in [7, 11) is 0. The lowest BCUT2D eigenvalue weighted by Gasteiger charge is -2.14. The third kappa shape index (κ3) is 5.67. The first kappa shape index (κ1) is 21.1. The van der Waals surface area contributed by atoms with E-state index in [9.17, 15) is 19.3 Å². The molecule has 0 saturated carbocycles. The molecule has 0 fully saturated rings. The van der Waals surface area contributed by atoms with E-state index in [4.69, 9.17) is 9.47 Å². The Hall–Kier alpha value is -3.16. The molecule has 0 unspecified atom stereocenters. The Morgan fingerprint density at radius 3 is 2.29 bits per heavy atom. The predicted molar refractivity (Wildman–Crippen MR) is 103 cm³/mol. The number of hydrogen-bond acceptors (Lipinski definition) is 5. The van der Waals surface area contributed by atoms with Gasteiger partial charge in [-0.15, -0.1) is 0 Å². The molecule has 7 nitrogen and oxygen atoms in total. The molecule has 1 N–H and O–H groups in total. The highest BCUT2D eigenvalue weighted by atomic mass is 19.1. The Kier molecular flexibility index (Phi) is 7.74. The Morgan fingerprint density at radius 1 is 1.11 bits per heavy atom. The number of amides is 1. The number of anilines is 1. The quantitative estimate of drug-likeness (QED) is 0.477. The monoisotopic (exact) mass is 390 g/mol. The molecule has 0 aliphatic heterocycles. The minimum absolute atomic E-state index is 0.0266. The van der Waals surface area contributed by atoms with Gasteiger partial charge in [-0.05, 0) is 24.5 Å². The number of carbonyl (C=O) groups is 1. The topological polar surface area (TPSA) is 90.7 Å². The van der Waals surface area contributed by atoms with Crippen LogP contribution in [0.1, 0.15) is 32.3 Å². The first-order valence-corrected chi connectivity index (χ1v) is 9.07. The smallest absolute Gasteiger partial charge is 0.296 e. The molecule has 0 bridgehead atoms. The van der Waals surface area contributed by atoms with Crippen molar-refractivity contribution in [2.75, 3.05) is 18.5 Å². The summed E-state index contributed by atoms with van der Waals surface area (Å²) >= 11 is 0. The summed E-state index contributed by atoms with van der Waals surface area (Å²) in [5.74, 6) is -0.532. The van der Waals surface area contributed by atoms with E-state index in [1.165, 1.54) is 30.3 Å². The van der Waals surface area contributed by atoms with Crippen LogP contribution in [0.4, 0.5) is 15.8 Å². The molecule has 0 atom stereocenters. The summed E-state index contributed by atoms with van der Waals surface area (Å²) in [6, 6.07) is 8.48. The molecular formula is C20H23FN2O5. The van der Waals surface area contributed by atoms with Crippen LogP contribution in [0.2, 0.25) is 0 Å². The van der Waals surface area contributed by atoms with E-state index in [-0.39, 0.29) is 29.1 Å². The van der Waals surface area contributed by atoms with E-state index in [2.05, 4.69) is 5.32 Å². The summed E-state index contributed by atoms with van der Waals surface area (Å²) in [5, 5.41) is 13.9. The van der Waals surface area contributed by atoms with Gasteiger partial charge in [0.1, 0.15) is 11.5 Å². The Morgan fingerprint density at radius 2 is 1.71 bits per heavy atom. The van der Waals surface area contributed by atoms with E-state index < -0.39 is 16.6 Å². The molecule has 2 rings (SSSR count). The highest BCUT2D eigenvalue weighted by Gasteiger charge is 2.22. The van der Waals surface area contributed by atoms with Crippen molar-refractivity contribution in [1.82, 2.24) is 0 Å². The van der Waals surface area contributed by atoms with Crippen LogP contribution in [0.25, 0.3) is 0 Å². The van der Waals surface area contributed by atoms with Crippen LogP contribution in [-0.2, 0) is 11.2 Å². The van der Waals surface area contributed by atoms with Gasteiger partial charge < -0.3 is 14.8 Å². The third-order valence-corrected chi connectivity index (χ3v) is 3.77. The number of rotatable bonds is 10. The van der Waals surface area contributed by atoms with Crippen molar-refractivity contribution in [3.8, 4) is 11.5 Å². The zero-order valence-corrected chi connectivity index (χ0v) is 15.9. The highest BCUT2D eigenvalue weighted by molar-refractivity contribution is 5.95. The van der Waals surface area contributed by atoms with Crippen molar-refractivity contribution >= 4 is 17.3 Å². The number of carbonyl (C=O) groups excluding carboxylic acids is 1. The molecule has 0 saturated heterocycles. The zero-order valence-electron chi connectivity index (χ0n) is 15.9. The van der Waals surface area contributed by atoms with Gasteiger partial charge in [-0.1, -0.05) is 32.0 Å². The van der Waals surface area contributed by atoms with Crippen LogP contribution in [-0.4, -0.2) is 24.0 Å². The number of nitrogens with zero attached hydrogens (tertiary/aromatic N) is 1. The number of benzene rings is 2. The van der Waals surface area contributed by atoms with Gasteiger partial charge in [0.05, 0.1) is 30.6 Å². The molecule has 0 aliphatic carbocycles. The first-order chi connectivity index (χ1) is 13.5. The third-order valence-electron chi connectivity index (χ3n) is 3.77. The zero-order chi connectivity index (χ0) is 20.5. The maximum absolute atomic E-state index is 13.7. The molecule has 0 radical (unpaired) electrons. The van der Waals surface area contributed by atoms with Gasteiger partial charge in [0.2, 0.25) is 5.91 Å². The van der Waals surface area contributed by atoms with Crippen molar-refractivity contribution in [3.05, 3.63) is 57.9 Å². The lowest BCUT2D eigenvalue weighted by molar-refractivity contribution is -0.384. The largest absolute Gasteiger partial charge is 0.490 e. The van der Waals surface area contributed by atoms with Crippen molar-refractivity contribution in [2.45, 2.75) is 33.1 Å². The van der Waals surface area contributed by atoms with E-state index in [0.717, 1.165) is 12.8 Å². The second kappa shape index (κ2) is 10.2. The highest BCUT2D eigenvalue weighted by Crippen LogP contribution is 2.38. The summed E-state index contributed by atoms with van der Waals surface area (Å²) in [6.07, 6.45) is 1.21. The fourth-order valence-electron chi connectivity index (χ4n) is 2.46. The molecule has 0 aromatic heterocycles. The number of halogens is 1. The summed E-state index contributed by atoms with van der Waals surface area (Å²) in [4.78, 5) is 23.2. The van der Waals surface area contributed by atoms with E-state index in [1.54, 1.807) is 6.07 Å².